The lowest BCUT2D eigenvalue weighted by atomic mass is 10.1. The number of benzene rings is 3. The highest BCUT2D eigenvalue weighted by Crippen LogP contribution is 2.27. The van der Waals surface area contributed by atoms with Crippen LogP contribution < -0.4 is 10.6 Å². The Balaban J connectivity index is 1.31. The Hall–Kier alpha value is -4.93. The number of aromatic amines is 1. The summed E-state index contributed by atoms with van der Waals surface area (Å²) in [4.78, 5) is 31.0. The summed E-state index contributed by atoms with van der Waals surface area (Å²) in [5.41, 5.74) is 4.45. The zero-order valence-electron chi connectivity index (χ0n) is 23.4. The lowest BCUT2D eigenvalue weighted by Crippen LogP contribution is -2.18. The van der Waals surface area contributed by atoms with Gasteiger partial charge in [-0.3, -0.25) is 4.79 Å². The molecule has 5 aromatic rings. The Morgan fingerprint density at radius 3 is 2.62 bits per heavy atom. The van der Waals surface area contributed by atoms with Gasteiger partial charge >= 0.3 is 0 Å². The normalized spacial score (nSPS) is 12.2. The summed E-state index contributed by atoms with van der Waals surface area (Å²) in [6.45, 7) is 1.29. The van der Waals surface area contributed by atoms with E-state index < -0.39 is 0 Å². The van der Waals surface area contributed by atoms with Crippen LogP contribution in [0.1, 0.15) is 17.2 Å². The fourth-order valence-electron chi connectivity index (χ4n) is 4.33. The molecule has 0 fully saturated rings. The van der Waals surface area contributed by atoms with E-state index in [1.807, 2.05) is 85.7 Å². The van der Waals surface area contributed by atoms with Crippen molar-refractivity contribution in [2.24, 2.45) is 0 Å². The summed E-state index contributed by atoms with van der Waals surface area (Å²) >= 11 is 0. The minimum atomic E-state index is -0.292. The number of imidazole rings is 1. The molecule has 5 rings (SSSR count). The predicted molar refractivity (Wildman–Crippen MR) is 162 cm³/mol. The zero-order chi connectivity index (χ0) is 29.3. The molecule has 10 heteroatoms. The molecule has 214 valence electrons. The second kappa shape index (κ2) is 13.6. The second-order valence-electron chi connectivity index (χ2n) is 9.99. The van der Waals surface area contributed by atoms with E-state index in [0.29, 0.717) is 41.6 Å². The Morgan fingerprint density at radius 1 is 1.05 bits per heavy atom. The van der Waals surface area contributed by atoms with E-state index in [1.165, 1.54) is 24.5 Å². The molecule has 0 aliphatic rings. The number of anilines is 2. The quantitative estimate of drug-likeness (QED) is 0.169. The number of amides is 1. The van der Waals surface area contributed by atoms with Crippen LogP contribution in [0.25, 0.3) is 22.6 Å². The molecule has 3 aromatic carbocycles. The molecule has 2 heterocycles. The van der Waals surface area contributed by atoms with Gasteiger partial charge in [-0.05, 0) is 61.6 Å². The van der Waals surface area contributed by atoms with Gasteiger partial charge in [0.05, 0.1) is 19.3 Å². The topological polar surface area (TPSA) is 108 Å². The van der Waals surface area contributed by atoms with Crippen LogP contribution in [0.15, 0.2) is 97.3 Å². The number of carbonyl (C=O) groups is 1. The smallest absolute Gasteiger partial charge is 0.248 e. The van der Waals surface area contributed by atoms with Crippen LogP contribution in [0.2, 0.25) is 0 Å². The fourth-order valence-corrected chi connectivity index (χ4v) is 4.33. The molecule has 0 aliphatic heterocycles. The first kappa shape index (κ1) is 28.6. The van der Waals surface area contributed by atoms with Crippen molar-refractivity contribution in [2.75, 3.05) is 37.9 Å². The first-order chi connectivity index (χ1) is 20.4. The molecule has 0 saturated heterocycles. The number of rotatable bonds is 12. The summed E-state index contributed by atoms with van der Waals surface area (Å²) in [6, 6.07) is 23.5. The molecule has 0 spiro atoms. The maximum atomic E-state index is 13.6. The molecule has 1 atom stereocenters. The van der Waals surface area contributed by atoms with Crippen molar-refractivity contribution < 1.29 is 13.9 Å². The molecule has 0 saturated carbocycles. The Labute approximate surface area is 243 Å². The number of hydrogen-bond acceptors (Lipinski definition) is 7. The number of nitrogens with one attached hydrogen (secondary N) is 3. The monoisotopic (exact) mass is 565 g/mol. The van der Waals surface area contributed by atoms with Gasteiger partial charge in [0.2, 0.25) is 5.91 Å². The summed E-state index contributed by atoms with van der Waals surface area (Å²) in [7, 11) is 3.88. The number of ether oxygens (including phenoxy) is 1. The predicted octanol–water partition coefficient (Wildman–Crippen LogP) is 5.59. The number of likely N-dealkylation sites (N-methyl/N-ethyl adjacent to an activating group) is 1. The maximum Gasteiger partial charge on any atom is 0.248 e. The molecule has 2 aromatic heterocycles. The van der Waals surface area contributed by atoms with Gasteiger partial charge < -0.3 is 25.3 Å². The molecule has 0 radical (unpaired) electrons. The van der Waals surface area contributed by atoms with Crippen LogP contribution in [-0.2, 0) is 16.1 Å². The van der Waals surface area contributed by atoms with E-state index in [2.05, 4.69) is 30.6 Å². The molecule has 9 nitrogen and oxygen atoms in total. The summed E-state index contributed by atoms with van der Waals surface area (Å²) in [5, 5.41) is 6.34. The van der Waals surface area contributed by atoms with Crippen LogP contribution in [0, 0.1) is 5.82 Å². The summed E-state index contributed by atoms with van der Waals surface area (Å²) < 4.78 is 19.6. The SMILES string of the molecule is CN(C)CC=CC(=O)Nc1ccc(-c2nc3ncnc(NC(COCc4cccc(F)c4)c4ccccc4)c3[nH]2)cc1. The Kier molecular flexibility index (Phi) is 9.27. The molecule has 1 amide bonds. The standard InChI is InChI=1S/C32H32FN7O2/c1-40(2)17-7-12-28(41)36-26-15-13-24(14-16-26)30-38-29-31(34-21-35-32(29)39-30)37-27(23-9-4-3-5-10-23)20-42-19-22-8-6-11-25(33)18-22/h3-16,18,21,27H,17,19-20H2,1-2H3,(H,36,41)(H2,34,35,37,38,39). The summed E-state index contributed by atoms with van der Waals surface area (Å²) in [6.07, 6.45) is 4.80. The minimum Gasteiger partial charge on any atom is -0.374 e. The van der Waals surface area contributed by atoms with Gasteiger partial charge in [-0.15, -0.1) is 0 Å². The van der Waals surface area contributed by atoms with Crippen molar-refractivity contribution in [1.29, 1.82) is 0 Å². The highest BCUT2D eigenvalue weighted by atomic mass is 19.1. The van der Waals surface area contributed by atoms with Gasteiger partial charge in [0, 0.05) is 23.9 Å². The molecular weight excluding hydrogens is 533 g/mol. The molecule has 1 unspecified atom stereocenters. The highest BCUT2D eigenvalue weighted by molar-refractivity contribution is 5.99. The molecule has 42 heavy (non-hydrogen) atoms. The van der Waals surface area contributed by atoms with E-state index >= 15 is 0 Å². The number of hydrogen-bond donors (Lipinski definition) is 3. The zero-order valence-corrected chi connectivity index (χ0v) is 23.4. The van der Waals surface area contributed by atoms with Crippen molar-refractivity contribution in [3.63, 3.8) is 0 Å². The van der Waals surface area contributed by atoms with Gasteiger partial charge in [-0.25, -0.2) is 19.3 Å². The van der Waals surface area contributed by atoms with Gasteiger partial charge in [0.1, 0.15) is 23.5 Å². The number of carbonyl (C=O) groups excluding carboxylic acids is 1. The number of halogens is 1. The van der Waals surface area contributed by atoms with Crippen molar-refractivity contribution in [2.45, 2.75) is 12.6 Å². The van der Waals surface area contributed by atoms with Crippen molar-refractivity contribution >= 4 is 28.6 Å². The van der Waals surface area contributed by atoms with Crippen molar-refractivity contribution in [3.8, 4) is 11.4 Å². The Morgan fingerprint density at radius 2 is 1.86 bits per heavy atom. The third kappa shape index (κ3) is 7.62. The van der Waals surface area contributed by atoms with Crippen LogP contribution >= 0.6 is 0 Å². The largest absolute Gasteiger partial charge is 0.374 e. The number of nitrogens with zero attached hydrogens (tertiary/aromatic N) is 4. The van der Waals surface area contributed by atoms with E-state index in [4.69, 9.17) is 4.74 Å². The molecule has 0 aliphatic carbocycles. The number of H-pyrrole nitrogens is 1. The first-order valence-electron chi connectivity index (χ1n) is 13.5. The lowest BCUT2D eigenvalue weighted by Gasteiger charge is -2.20. The average Bonchev–Trinajstić information content (AvgIpc) is 3.43. The number of fused-ring (bicyclic) bond motifs is 1. The maximum absolute atomic E-state index is 13.6. The second-order valence-corrected chi connectivity index (χ2v) is 9.99. The average molecular weight is 566 g/mol. The summed E-state index contributed by atoms with van der Waals surface area (Å²) in [5.74, 6) is 0.720. The van der Waals surface area contributed by atoms with Crippen molar-refractivity contribution in [1.82, 2.24) is 24.8 Å². The van der Waals surface area contributed by atoms with E-state index in [9.17, 15) is 9.18 Å². The van der Waals surface area contributed by atoms with E-state index in [1.54, 1.807) is 6.07 Å². The minimum absolute atomic E-state index is 0.188. The van der Waals surface area contributed by atoms with Crippen LogP contribution in [-0.4, -0.2) is 58.0 Å². The number of aromatic nitrogens is 4. The molecular formula is C32H32FN7O2. The fraction of sp³-hybridized carbons (Fsp3) is 0.188. The molecule has 3 N–H and O–H groups in total. The van der Waals surface area contributed by atoms with Crippen LogP contribution in [0.4, 0.5) is 15.9 Å². The third-order valence-electron chi connectivity index (χ3n) is 6.41. The van der Waals surface area contributed by atoms with Gasteiger partial charge in [-0.2, -0.15) is 0 Å². The highest BCUT2D eigenvalue weighted by Gasteiger charge is 2.17. The van der Waals surface area contributed by atoms with Crippen molar-refractivity contribution in [3.05, 3.63) is 114 Å². The lowest BCUT2D eigenvalue weighted by molar-refractivity contribution is -0.111. The van der Waals surface area contributed by atoms with E-state index in [-0.39, 0.29) is 24.4 Å². The van der Waals surface area contributed by atoms with Gasteiger partial charge in [0.15, 0.2) is 11.5 Å². The van der Waals surface area contributed by atoms with Gasteiger partial charge in [0.25, 0.3) is 0 Å². The van der Waals surface area contributed by atoms with Crippen LogP contribution in [0.3, 0.4) is 0 Å². The molecule has 0 bridgehead atoms. The van der Waals surface area contributed by atoms with Gasteiger partial charge in [-0.1, -0.05) is 48.5 Å². The van der Waals surface area contributed by atoms with E-state index in [0.717, 1.165) is 16.7 Å². The first-order valence-corrected chi connectivity index (χ1v) is 13.5. The third-order valence-corrected chi connectivity index (χ3v) is 6.41. The Bertz CT molecular complexity index is 1650. The van der Waals surface area contributed by atoms with Crippen LogP contribution in [0.5, 0.6) is 0 Å².